The van der Waals surface area contributed by atoms with Crippen molar-refractivity contribution in [3.8, 4) is 0 Å². The molecule has 60 valence electrons. The molecule has 0 spiro atoms. The van der Waals surface area contributed by atoms with Gasteiger partial charge in [0.05, 0.1) is 0 Å². The van der Waals surface area contributed by atoms with Gasteiger partial charge in [0.2, 0.25) is 5.91 Å². The number of hydrogen-bond donors (Lipinski definition) is 1. The summed E-state index contributed by atoms with van der Waals surface area (Å²) in [4.78, 5) is 10.5. The highest BCUT2D eigenvalue weighted by molar-refractivity contribution is 5.76. The lowest BCUT2D eigenvalue weighted by Gasteiger charge is -2.05. The Labute approximate surface area is 61.5 Å². The molecule has 0 aliphatic rings. The molecule has 0 heterocycles. The van der Waals surface area contributed by atoms with Gasteiger partial charge in [-0.3, -0.25) is 4.79 Å². The fourth-order valence-electron chi connectivity index (χ4n) is 0.547. The van der Waals surface area contributed by atoms with Crippen molar-refractivity contribution in [2.45, 2.75) is 20.3 Å². The predicted octanol–water partition coefficient (Wildman–Crippen LogP) is 0.534. The van der Waals surface area contributed by atoms with E-state index in [9.17, 15) is 4.79 Å². The quantitative estimate of drug-likeness (QED) is 0.574. The normalized spacial score (nSPS) is 13.0. The van der Waals surface area contributed by atoms with Gasteiger partial charge >= 0.3 is 0 Å². The van der Waals surface area contributed by atoms with Gasteiger partial charge in [0.1, 0.15) is 0 Å². The van der Waals surface area contributed by atoms with Gasteiger partial charge in [-0.05, 0) is 13.3 Å². The van der Waals surface area contributed by atoms with Gasteiger partial charge in [-0.15, -0.1) is 0 Å². The number of ether oxygens (including phenoxy) is 1. The minimum atomic E-state index is -0.250. The van der Waals surface area contributed by atoms with Crippen LogP contribution in [0.4, 0.5) is 0 Å². The minimum Gasteiger partial charge on any atom is -0.382 e. The van der Waals surface area contributed by atoms with Crippen molar-refractivity contribution < 1.29 is 9.53 Å². The number of nitrogens with two attached hydrogens (primary N) is 1. The lowest BCUT2D eigenvalue weighted by atomic mass is 10.1. The summed E-state index contributed by atoms with van der Waals surface area (Å²) >= 11 is 0. The minimum absolute atomic E-state index is 0.0634. The molecule has 0 rings (SSSR count). The van der Waals surface area contributed by atoms with E-state index in [0.29, 0.717) is 13.2 Å². The first-order valence-corrected chi connectivity index (χ1v) is 3.55. The molecule has 1 amide bonds. The summed E-state index contributed by atoms with van der Waals surface area (Å²) in [6.07, 6.45) is 0.725. The number of amides is 1. The molecule has 0 aromatic rings. The summed E-state index contributed by atoms with van der Waals surface area (Å²) in [6, 6.07) is 0. The highest BCUT2D eigenvalue weighted by Crippen LogP contribution is 1.99. The topological polar surface area (TPSA) is 52.3 Å². The van der Waals surface area contributed by atoms with Crippen LogP contribution in [0, 0.1) is 5.92 Å². The van der Waals surface area contributed by atoms with Gasteiger partial charge in [-0.25, -0.2) is 0 Å². The molecular formula is C7H15NO2. The third kappa shape index (κ3) is 4.32. The largest absolute Gasteiger partial charge is 0.382 e. The van der Waals surface area contributed by atoms with Gasteiger partial charge in [-0.2, -0.15) is 0 Å². The van der Waals surface area contributed by atoms with Crippen LogP contribution in [0.1, 0.15) is 20.3 Å². The van der Waals surface area contributed by atoms with Crippen LogP contribution < -0.4 is 5.73 Å². The first-order chi connectivity index (χ1) is 4.68. The molecule has 0 radical (unpaired) electrons. The van der Waals surface area contributed by atoms with Crippen LogP contribution in [0.15, 0.2) is 0 Å². The second-order valence-electron chi connectivity index (χ2n) is 2.29. The number of carbonyl (C=O) groups is 1. The van der Waals surface area contributed by atoms with Crippen LogP contribution in [-0.4, -0.2) is 19.1 Å². The van der Waals surface area contributed by atoms with Gasteiger partial charge < -0.3 is 10.5 Å². The maximum Gasteiger partial charge on any atom is 0.220 e. The average Bonchev–Trinajstić information content (AvgIpc) is 1.88. The van der Waals surface area contributed by atoms with Crippen molar-refractivity contribution in [3.05, 3.63) is 0 Å². The van der Waals surface area contributed by atoms with Gasteiger partial charge in [0.25, 0.3) is 0 Å². The van der Waals surface area contributed by atoms with E-state index in [4.69, 9.17) is 10.5 Å². The van der Waals surface area contributed by atoms with E-state index in [-0.39, 0.29) is 11.8 Å². The molecule has 2 N–H and O–H groups in total. The fraction of sp³-hybridized carbons (Fsp3) is 0.857. The maximum atomic E-state index is 10.5. The van der Waals surface area contributed by atoms with E-state index in [2.05, 4.69) is 0 Å². The summed E-state index contributed by atoms with van der Waals surface area (Å²) in [6.45, 7) is 5.06. The molecule has 10 heavy (non-hydrogen) atoms. The molecule has 0 aliphatic carbocycles. The Balaban J connectivity index is 3.21. The molecule has 0 aromatic heterocycles. The van der Waals surface area contributed by atoms with E-state index in [1.54, 1.807) is 6.92 Å². The highest BCUT2D eigenvalue weighted by Gasteiger charge is 2.06. The zero-order chi connectivity index (χ0) is 7.98. The number of rotatable bonds is 5. The van der Waals surface area contributed by atoms with E-state index < -0.39 is 0 Å². The van der Waals surface area contributed by atoms with Crippen molar-refractivity contribution in [3.63, 3.8) is 0 Å². The van der Waals surface area contributed by atoms with Crippen molar-refractivity contribution in [2.24, 2.45) is 11.7 Å². The third-order valence-corrected chi connectivity index (χ3v) is 1.39. The molecule has 0 saturated heterocycles. The second-order valence-corrected chi connectivity index (χ2v) is 2.29. The van der Waals surface area contributed by atoms with E-state index >= 15 is 0 Å². The Bertz CT molecular complexity index is 104. The average molecular weight is 145 g/mol. The van der Waals surface area contributed by atoms with Crippen LogP contribution in [0.25, 0.3) is 0 Å². The van der Waals surface area contributed by atoms with Gasteiger partial charge in [0, 0.05) is 19.1 Å². The molecule has 0 bridgehead atoms. The molecular weight excluding hydrogens is 130 g/mol. The molecule has 0 fully saturated rings. The standard InChI is InChI=1S/C7H15NO2/c1-3-10-5-4-6(2)7(8)9/h6H,3-5H2,1-2H3,(H2,8,9). The zero-order valence-electron chi connectivity index (χ0n) is 6.59. The SMILES string of the molecule is CCOCCC(C)C(N)=O. The maximum absolute atomic E-state index is 10.5. The highest BCUT2D eigenvalue weighted by atomic mass is 16.5. The summed E-state index contributed by atoms with van der Waals surface area (Å²) < 4.78 is 5.05. The van der Waals surface area contributed by atoms with E-state index in [1.807, 2.05) is 6.92 Å². The van der Waals surface area contributed by atoms with Crippen LogP contribution >= 0.6 is 0 Å². The first kappa shape index (κ1) is 9.43. The van der Waals surface area contributed by atoms with E-state index in [1.165, 1.54) is 0 Å². The smallest absolute Gasteiger partial charge is 0.220 e. The van der Waals surface area contributed by atoms with Crippen molar-refractivity contribution in [1.82, 2.24) is 0 Å². The van der Waals surface area contributed by atoms with Crippen molar-refractivity contribution in [2.75, 3.05) is 13.2 Å². The van der Waals surface area contributed by atoms with Crippen LogP contribution in [0.3, 0.4) is 0 Å². The first-order valence-electron chi connectivity index (χ1n) is 3.55. The Morgan fingerprint density at radius 1 is 1.70 bits per heavy atom. The van der Waals surface area contributed by atoms with Gasteiger partial charge in [-0.1, -0.05) is 6.92 Å². The van der Waals surface area contributed by atoms with Crippen LogP contribution in [0.5, 0.6) is 0 Å². The van der Waals surface area contributed by atoms with Crippen LogP contribution in [0.2, 0.25) is 0 Å². The molecule has 0 saturated carbocycles. The fourth-order valence-corrected chi connectivity index (χ4v) is 0.547. The van der Waals surface area contributed by atoms with E-state index in [0.717, 1.165) is 6.42 Å². The Morgan fingerprint density at radius 3 is 2.70 bits per heavy atom. The lowest BCUT2D eigenvalue weighted by Crippen LogP contribution is -2.21. The third-order valence-electron chi connectivity index (χ3n) is 1.39. The molecule has 3 heteroatoms. The monoisotopic (exact) mass is 145 g/mol. The zero-order valence-corrected chi connectivity index (χ0v) is 6.59. The molecule has 0 aromatic carbocycles. The number of primary amides is 1. The summed E-state index contributed by atoms with van der Waals surface area (Å²) in [7, 11) is 0. The van der Waals surface area contributed by atoms with Crippen molar-refractivity contribution in [1.29, 1.82) is 0 Å². The number of hydrogen-bond acceptors (Lipinski definition) is 2. The molecule has 1 unspecified atom stereocenters. The molecule has 0 aliphatic heterocycles. The summed E-state index contributed by atoms with van der Waals surface area (Å²) in [5, 5.41) is 0. The Hall–Kier alpha value is -0.570. The second kappa shape index (κ2) is 5.23. The Kier molecular flexibility index (Phi) is 4.94. The summed E-state index contributed by atoms with van der Waals surface area (Å²) in [5.74, 6) is -0.314. The molecule has 1 atom stereocenters. The number of carbonyl (C=O) groups excluding carboxylic acids is 1. The lowest BCUT2D eigenvalue weighted by molar-refractivity contribution is -0.121. The van der Waals surface area contributed by atoms with Crippen LogP contribution in [-0.2, 0) is 9.53 Å². The Morgan fingerprint density at radius 2 is 2.30 bits per heavy atom. The summed E-state index contributed by atoms with van der Waals surface area (Å²) in [5.41, 5.74) is 5.02. The van der Waals surface area contributed by atoms with Crippen molar-refractivity contribution >= 4 is 5.91 Å². The predicted molar refractivity (Wildman–Crippen MR) is 39.5 cm³/mol. The van der Waals surface area contributed by atoms with Gasteiger partial charge in [0.15, 0.2) is 0 Å². The molecule has 3 nitrogen and oxygen atoms in total.